The number of carbonyl (C=O) groups is 1. The highest BCUT2D eigenvalue weighted by atomic mass is 16.5. The van der Waals surface area contributed by atoms with Crippen LogP contribution in [0.25, 0.3) is 11.0 Å². The Labute approximate surface area is 160 Å². The van der Waals surface area contributed by atoms with Gasteiger partial charge in [0.2, 0.25) is 5.95 Å². The van der Waals surface area contributed by atoms with Gasteiger partial charge >= 0.3 is 0 Å². The van der Waals surface area contributed by atoms with Crippen LogP contribution >= 0.6 is 0 Å². The Morgan fingerprint density at radius 3 is 2.67 bits per heavy atom. The number of hydrogen-bond donors (Lipinski definition) is 3. The lowest BCUT2D eigenvalue weighted by atomic mass is 10.1. The van der Waals surface area contributed by atoms with E-state index in [0.717, 1.165) is 12.7 Å². The molecule has 2 heterocycles. The van der Waals surface area contributed by atoms with Gasteiger partial charge in [-0.1, -0.05) is 27.7 Å². The SMILES string of the molecule is CC.CC(C)CCOCC=O.CNC#Cc1cn(C)c2nc(N)[nH]c(=O)c12. The molecular formula is C19H31N5O3. The number of nitrogen functional groups attached to an aromatic ring is 1. The summed E-state index contributed by atoms with van der Waals surface area (Å²) < 4.78 is 6.65. The van der Waals surface area contributed by atoms with Gasteiger partial charge in [-0.05, 0) is 18.3 Å². The Morgan fingerprint density at radius 1 is 1.44 bits per heavy atom. The molecule has 0 fully saturated rings. The normalized spacial score (nSPS) is 9.44. The van der Waals surface area contributed by atoms with Gasteiger partial charge in [0.25, 0.3) is 5.56 Å². The summed E-state index contributed by atoms with van der Waals surface area (Å²) in [4.78, 5) is 28.0. The number of ether oxygens (including phenoxy) is 1. The van der Waals surface area contributed by atoms with Crippen LogP contribution < -0.4 is 16.6 Å². The second-order valence-corrected chi connectivity index (χ2v) is 5.73. The van der Waals surface area contributed by atoms with Crippen LogP contribution in [0.2, 0.25) is 0 Å². The van der Waals surface area contributed by atoms with Crippen molar-refractivity contribution in [2.24, 2.45) is 13.0 Å². The molecule has 0 aliphatic heterocycles. The third-order valence-electron chi connectivity index (χ3n) is 3.19. The van der Waals surface area contributed by atoms with Gasteiger partial charge in [0.05, 0.1) is 10.9 Å². The van der Waals surface area contributed by atoms with E-state index in [1.165, 1.54) is 0 Å². The highest BCUT2D eigenvalue weighted by molar-refractivity contribution is 5.83. The Kier molecular flexibility index (Phi) is 12.0. The van der Waals surface area contributed by atoms with E-state index in [4.69, 9.17) is 10.5 Å². The fourth-order valence-electron chi connectivity index (χ4n) is 1.97. The lowest BCUT2D eigenvalue weighted by Gasteiger charge is -2.01. The number of anilines is 1. The van der Waals surface area contributed by atoms with Crippen molar-refractivity contribution in [1.82, 2.24) is 19.9 Å². The van der Waals surface area contributed by atoms with E-state index < -0.39 is 0 Å². The fourth-order valence-corrected chi connectivity index (χ4v) is 1.97. The number of H-pyrrole nitrogens is 1. The van der Waals surface area contributed by atoms with Crippen molar-refractivity contribution >= 4 is 23.3 Å². The number of aldehydes is 1. The quantitative estimate of drug-likeness (QED) is 0.316. The highest BCUT2D eigenvalue weighted by Gasteiger charge is 2.10. The number of nitrogens with two attached hydrogens (primary N) is 1. The second-order valence-electron chi connectivity index (χ2n) is 5.73. The number of aryl methyl sites for hydroxylation is 1. The number of aromatic amines is 1. The maximum atomic E-state index is 11.7. The minimum atomic E-state index is -0.275. The monoisotopic (exact) mass is 377 g/mol. The maximum absolute atomic E-state index is 11.7. The molecule has 27 heavy (non-hydrogen) atoms. The Hall–Kier alpha value is -2.79. The smallest absolute Gasteiger partial charge is 0.263 e. The number of fused-ring (bicyclic) bond motifs is 1. The second kappa shape index (κ2) is 13.4. The van der Waals surface area contributed by atoms with Gasteiger partial charge in [-0.25, -0.2) is 0 Å². The minimum absolute atomic E-state index is 0.104. The molecule has 0 amide bonds. The molecule has 8 nitrogen and oxygen atoms in total. The van der Waals surface area contributed by atoms with E-state index in [2.05, 4.69) is 41.1 Å². The average Bonchev–Trinajstić information content (AvgIpc) is 2.95. The van der Waals surface area contributed by atoms with Gasteiger partial charge in [-0.15, -0.1) is 0 Å². The van der Waals surface area contributed by atoms with Crippen LogP contribution in [0.3, 0.4) is 0 Å². The van der Waals surface area contributed by atoms with Crippen molar-refractivity contribution in [1.29, 1.82) is 0 Å². The molecule has 0 unspecified atom stereocenters. The average molecular weight is 377 g/mol. The molecule has 2 aromatic rings. The van der Waals surface area contributed by atoms with Crippen LogP contribution in [0.1, 0.15) is 39.7 Å². The lowest BCUT2D eigenvalue weighted by molar-refractivity contribution is -0.111. The molecule has 0 saturated carbocycles. The molecule has 0 aliphatic rings. The number of nitrogens with zero attached hydrogens (tertiary/aromatic N) is 2. The van der Waals surface area contributed by atoms with Gasteiger partial charge in [0.1, 0.15) is 12.9 Å². The van der Waals surface area contributed by atoms with Gasteiger partial charge in [0.15, 0.2) is 5.65 Å². The summed E-state index contributed by atoms with van der Waals surface area (Å²) in [6, 6.07) is 2.69. The number of hydrogen-bond acceptors (Lipinski definition) is 6. The standard InChI is InChI=1S/C10H11N5O.C7H14O2.C2H6/c1-12-4-3-6-5-15(2)8-7(6)9(16)14-10(11)13-8;1-7(2)3-5-9-6-4-8;1-2/h5,12H,1-2H3,(H3,11,13,14,16);4,7H,3,5-6H2,1-2H3;1-2H3. The van der Waals surface area contributed by atoms with Crippen LogP contribution in [-0.2, 0) is 16.6 Å². The molecule has 0 saturated heterocycles. The van der Waals surface area contributed by atoms with E-state index in [1.807, 2.05) is 13.8 Å². The molecule has 0 aromatic carbocycles. The fraction of sp³-hybridized carbons (Fsp3) is 0.526. The molecule has 4 N–H and O–H groups in total. The highest BCUT2D eigenvalue weighted by Crippen LogP contribution is 2.13. The van der Waals surface area contributed by atoms with E-state index in [-0.39, 0.29) is 18.1 Å². The topological polar surface area (TPSA) is 115 Å². The first-order chi connectivity index (χ1) is 12.9. The summed E-state index contributed by atoms with van der Waals surface area (Å²) in [6.07, 6.45) is 3.56. The number of rotatable bonds is 5. The molecule has 0 atom stereocenters. The van der Waals surface area contributed by atoms with Crippen molar-refractivity contribution in [3.8, 4) is 12.0 Å². The number of carbonyl (C=O) groups excluding carboxylic acids is 1. The van der Waals surface area contributed by atoms with Crippen molar-refractivity contribution in [2.75, 3.05) is 26.0 Å². The third-order valence-corrected chi connectivity index (χ3v) is 3.19. The lowest BCUT2D eigenvalue weighted by Crippen LogP contribution is -2.11. The molecular weight excluding hydrogens is 346 g/mol. The third kappa shape index (κ3) is 8.42. The summed E-state index contributed by atoms with van der Waals surface area (Å²) in [5.74, 6) is 3.60. The van der Waals surface area contributed by atoms with Crippen molar-refractivity contribution in [3.05, 3.63) is 22.1 Å². The van der Waals surface area contributed by atoms with Crippen molar-refractivity contribution < 1.29 is 9.53 Å². The number of aromatic nitrogens is 3. The zero-order chi connectivity index (χ0) is 20.8. The molecule has 0 radical (unpaired) electrons. The summed E-state index contributed by atoms with van der Waals surface area (Å²) in [5.41, 5.74) is 6.35. The van der Waals surface area contributed by atoms with Crippen LogP contribution in [0.15, 0.2) is 11.0 Å². The Bertz CT molecular complexity index is 812. The largest absolute Gasteiger partial charge is 0.374 e. The van der Waals surface area contributed by atoms with Crippen molar-refractivity contribution in [3.63, 3.8) is 0 Å². The Morgan fingerprint density at radius 2 is 2.11 bits per heavy atom. The summed E-state index contributed by atoms with van der Waals surface area (Å²) in [7, 11) is 3.50. The first-order valence-corrected chi connectivity index (χ1v) is 8.94. The number of nitrogens with one attached hydrogen (secondary N) is 2. The molecule has 0 bridgehead atoms. The maximum Gasteiger partial charge on any atom is 0.263 e. The summed E-state index contributed by atoms with van der Waals surface area (Å²) in [5, 5.41) is 3.15. The van der Waals surface area contributed by atoms with Gasteiger partial charge in [-0.2, -0.15) is 4.98 Å². The Balaban J connectivity index is 0.000000528. The van der Waals surface area contributed by atoms with Crippen LogP contribution in [0.5, 0.6) is 0 Å². The van der Waals surface area contributed by atoms with Crippen molar-refractivity contribution in [2.45, 2.75) is 34.1 Å². The zero-order valence-electron chi connectivity index (χ0n) is 17.0. The molecule has 150 valence electrons. The van der Waals surface area contributed by atoms with Gasteiger partial charge in [0, 0.05) is 32.9 Å². The van der Waals surface area contributed by atoms with E-state index in [1.54, 1.807) is 24.9 Å². The molecule has 8 heteroatoms. The molecule has 2 aromatic heterocycles. The predicted molar refractivity (Wildman–Crippen MR) is 109 cm³/mol. The first-order valence-electron chi connectivity index (χ1n) is 8.94. The van der Waals surface area contributed by atoms with Gasteiger partial charge in [-0.3, -0.25) is 9.78 Å². The van der Waals surface area contributed by atoms with Crippen LogP contribution in [-0.4, -0.2) is 41.1 Å². The minimum Gasteiger partial charge on any atom is -0.374 e. The predicted octanol–water partition coefficient (Wildman–Crippen LogP) is 1.65. The summed E-state index contributed by atoms with van der Waals surface area (Å²) in [6.45, 7) is 9.21. The van der Waals surface area contributed by atoms with Crippen LogP contribution in [0.4, 0.5) is 5.95 Å². The molecule has 0 spiro atoms. The molecule has 2 rings (SSSR count). The van der Waals surface area contributed by atoms with E-state index in [0.29, 0.717) is 29.1 Å². The van der Waals surface area contributed by atoms with E-state index >= 15 is 0 Å². The summed E-state index contributed by atoms with van der Waals surface area (Å²) >= 11 is 0. The zero-order valence-corrected chi connectivity index (χ0v) is 17.0. The first kappa shape index (κ1) is 24.2. The van der Waals surface area contributed by atoms with E-state index in [9.17, 15) is 9.59 Å². The van der Waals surface area contributed by atoms with Crippen LogP contribution in [0, 0.1) is 17.9 Å². The molecule has 0 aliphatic carbocycles. The van der Waals surface area contributed by atoms with Gasteiger partial charge < -0.3 is 25.1 Å².